The highest BCUT2D eigenvalue weighted by Gasteiger charge is 2.28. The molecule has 0 saturated heterocycles. The molecule has 2 heterocycles. The first kappa shape index (κ1) is 31.1. The summed E-state index contributed by atoms with van der Waals surface area (Å²) in [5.74, 6) is 0.873. The molecule has 10 heteroatoms. The summed E-state index contributed by atoms with van der Waals surface area (Å²) in [6, 6.07) is 33.6. The van der Waals surface area contributed by atoms with Gasteiger partial charge in [-0.2, -0.15) is 10.4 Å². The second-order valence-electron chi connectivity index (χ2n) is 10.8. The molecule has 1 amide bonds. The molecule has 0 fully saturated rings. The third-order valence-corrected chi connectivity index (χ3v) is 8.98. The molecule has 0 bridgehead atoms. The number of nitriles is 1. The lowest BCUT2D eigenvalue weighted by Gasteiger charge is -2.20. The van der Waals surface area contributed by atoms with E-state index < -0.39 is 5.91 Å². The highest BCUT2D eigenvalue weighted by atomic mass is 32.1. The van der Waals surface area contributed by atoms with Gasteiger partial charge < -0.3 is 14.8 Å². The number of aryl methyl sites for hydroxylation is 1. The predicted molar refractivity (Wildman–Crippen MR) is 184 cm³/mol. The molecule has 1 aliphatic heterocycles. The lowest BCUT2D eigenvalue weighted by Crippen LogP contribution is -2.33. The number of amides is 1. The average molecular weight is 642 g/mol. The number of anilines is 1. The molecular formula is C37H31N5O4S. The number of rotatable bonds is 8. The van der Waals surface area contributed by atoms with Crippen LogP contribution >= 0.6 is 11.3 Å². The number of hydrazone groups is 1. The third-order valence-electron chi connectivity index (χ3n) is 7.90. The fourth-order valence-corrected chi connectivity index (χ4v) is 6.43. The number of carbonyl (C=O) groups is 1. The van der Waals surface area contributed by atoms with Crippen molar-refractivity contribution in [1.82, 2.24) is 9.58 Å². The summed E-state index contributed by atoms with van der Waals surface area (Å²) < 4.78 is 12.7. The van der Waals surface area contributed by atoms with Crippen LogP contribution in [0.3, 0.4) is 0 Å². The van der Waals surface area contributed by atoms with Gasteiger partial charge in [0.2, 0.25) is 0 Å². The van der Waals surface area contributed by atoms with Crippen LogP contribution in [0.25, 0.3) is 17.5 Å². The molecule has 1 aliphatic rings. The maximum absolute atomic E-state index is 14.2. The summed E-state index contributed by atoms with van der Waals surface area (Å²) in [6.07, 6.45) is 2.28. The van der Waals surface area contributed by atoms with Crippen LogP contribution in [0.4, 0.5) is 5.69 Å². The third kappa shape index (κ3) is 6.43. The fourth-order valence-electron chi connectivity index (χ4n) is 5.37. The van der Waals surface area contributed by atoms with E-state index in [4.69, 9.17) is 14.6 Å². The van der Waals surface area contributed by atoms with Crippen LogP contribution in [0.2, 0.25) is 0 Å². The molecule has 0 spiro atoms. The number of carbonyl (C=O) groups excluding carboxylic acids is 1. The second-order valence-corrected chi connectivity index (χ2v) is 11.8. The van der Waals surface area contributed by atoms with E-state index >= 15 is 0 Å². The molecule has 9 nitrogen and oxygen atoms in total. The highest BCUT2D eigenvalue weighted by Crippen LogP contribution is 2.34. The minimum atomic E-state index is -0.601. The van der Waals surface area contributed by atoms with E-state index in [1.165, 1.54) is 4.57 Å². The standard InChI is InChI=1S/C37H31N5O4S/c1-24-9-7-8-12-31(24)39-35(43)30(22-38)37-42(27-10-5-4-6-11-27)36(44)34(47-37)23-41-33(26-15-19-29(46-3)20-16-26)21-32(40-41)25-13-17-28(45-2)18-14-25/h4-20,23,33H,21H2,1-3H3,(H,39,43)/b34-23-,37-30+. The van der Waals surface area contributed by atoms with Gasteiger partial charge in [-0.3, -0.25) is 19.2 Å². The van der Waals surface area contributed by atoms with Crippen LogP contribution in [0.1, 0.15) is 29.2 Å². The Morgan fingerprint density at radius 3 is 2.21 bits per heavy atom. The van der Waals surface area contributed by atoms with Gasteiger partial charge in [-0.1, -0.05) is 48.5 Å². The Bertz CT molecular complexity index is 2180. The SMILES string of the molecule is COc1ccc(C2=NN(/C=c3\s/c(=C(\C#N)C(=O)Nc4ccccc4C)n(-c4ccccc4)c3=O)C(c3ccc(OC)cc3)C2)cc1. The van der Waals surface area contributed by atoms with Gasteiger partial charge in [-0.25, -0.2) is 0 Å². The number of ether oxygens (including phenoxy) is 2. The van der Waals surface area contributed by atoms with Crippen molar-refractivity contribution < 1.29 is 14.3 Å². The molecule has 234 valence electrons. The van der Waals surface area contributed by atoms with Crippen molar-refractivity contribution in [1.29, 1.82) is 5.26 Å². The van der Waals surface area contributed by atoms with Crippen molar-refractivity contribution in [3.05, 3.63) is 139 Å². The van der Waals surface area contributed by atoms with Gasteiger partial charge in [0.15, 0.2) is 5.57 Å². The smallest absolute Gasteiger partial charge is 0.275 e. The number of aromatic nitrogens is 1. The monoisotopic (exact) mass is 641 g/mol. The van der Waals surface area contributed by atoms with Gasteiger partial charge in [-0.15, -0.1) is 11.3 Å². The summed E-state index contributed by atoms with van der Waals surface area (Å²) in [5, 5.41) is 19.9. The topological polar surface area (TPSA) is 109 Å². The van der Waals surface area contributed by atoms with Gasteiger partial charge in [0.25, 0.3) is 11.5 Å². The van der Waals surface area contributed by atoms with E-state index in [1.54, 1.807) is 55.8 Å². The first-order valence-corrected chi connectivity index (χ1v) is 15.7. The Labute approximate surface area is 275 Å². The van der Waals surface area contributed by atoms with Crippen molar-refractivity contribution in [3.8, 4) is 23.3 Å². The quantitative estimate of drug-likeness (QED) is 0.252. The molecule has 6 rings (SSSR count). The molecule has 1 unspecified atom stereocenters. The zero-order chi connectivity index (χ0) is 32.9. The fraction of sp³-hybridized carbons (Fsp3) is 0.135. The summed E-state index contributed by atoms with van der Waals surface area (Å²) >= 11 is 1.08. The lowest BCUT2D eigenvalue weighted by molar-refractivity contribution is -0.111. The van der Waals surface area contributed by atoms with Crippen LogP contribution in [-0.4, -0.2) is 35.4 Å². The van der Waals surface area contributed by atoms with Gasteiger partial charge in [0.1, 0.15) is 26.8 Å². The van der Waals surface area contributed by atoms with Crippen molar-refractivity contribution in [3.63, 3.8) is 0 Å². The molecule has 1 aromatic heterocycles. The lowest BCUT2D eigenvalue weighted by atomic mass is 9.98. The summed E-state index contributed by atoms with van der Waals surface area (Å²) in [6.45, 7) is 1.87. The maximum Gasteiger partial charge on any atom is 0.275 e. The van der Waals surface area contributed by atoms with E-state index in [0.717, 1.165) is 45.2 Å². The van der Waals surface area contributed by atoms with E-state index in [2.05, 4.69) is 11.4 Å². The van der Waals surface area contributed by atoms with E-state index in [1.807, 2.05) is 79.7 Å². The number of thiazole rings is 1. The molecule has 1 atom stereocenters. The molecule has 1 N–H and O–H groups in total. The summed E-state index contributed by atoms with van der Waals surface area (Å²) in [7, 11) is 3.24. The van der Waals surface area contributed by atoms with Crippen LogP contribution in [0.5, 0.6) is 11.5 Å². The van der Waals surface area contributed by atoms with Crippen LogP contribution < -0.4 is 29.5 Å². The number of para-hydroxylation sites is 2. The predicted octanol–water partition coefficient (Wildman–Crippen LogP) is 5.13. The van der Waals surface area contributed by atoms with Crippen LogP contribution in [0, 0.1) is 18.3 Å². The van der Waals surface area contributed by atoms with Crippen molar-refractivity contribution in [2.24, 2.45) is 5.10 Å². The Hall–Kier alpha value is -5.92. The maximum atomic E-state index is 14.2. The Morgan fingerprint density at radius 2 is 1.57 bits per heavy atom. The van der Waals surface area contributed by atoms with E-state index in [9.17, 15) is 14.9 Å². The summed E-state index contributed by atoms with van der Waals surface area (Å²) in [5.41, 5.74) is 4.19. The van der Waals surface area contributed by atoms with Crippen molar-refractivity contribution in [2.45, 2.75) is 19.4 Å². The molecule has 0 aliphatic carbocycles. The van der Waals surface area contributed by atoms with Crippen LogP contribution in [-0.2, 0) is 4.79 Å². The molecule has 0 saturated carbocycles. The Balaban J connectivity index is 1.52. The van der Waals surface area contributed by atoms with Gasteiger partial charge in [-0.05, 0) is 78.2 Å². The first-order chi connectivity index (χ1) is 22.9. The zero-order valence-electron chi connectivity index (χ0n) is 26.0. The number of benzene rings is 4. The van der Waals surface area contributed by atoms with Gasteiger partial charge in [0, 0.05) is 18.3 Å². The highest BCUT2D eigenvalue weighted by molar-refractivity contribution is 7.07. The zero-order valence-corrected chi connectivity index (χ0v) is 26.8. The first-order valence-electron chi connectivity index (χ1n) is 14.8. The molecule has 47 heavy (non-hydrogen) atoms. The minimum absolute atomic E-state index is 0.172. The molecule has 0 radical (unpaired) electrons. The Kier molecular flexibility index (Phi) is 9.00. The molecule has 5 aromatic rings. The van der Waals surface area contributed by atoms with Gasteiger partial charge in [0.05, 0.1) is 31.7 Å². The van der Waals surface area contributed by atoms with Crippen molar-refractivity contribution >= 4 is 40.4 Å². The number of hydrogen-bond acceptors (Lipinski definition) is 8. The summed E-state index contributed by atoms with van der Waals surface area (Å²) in [4.78, 5) is 27.7. The second kappa shape index (κ2) is 13.6. The minimum Gasteiger partial charge on any atom is -0.497 e. The Morgan fingerprint density at radius 1 is 0.936 bits per heavy atom. The normalized spacial score (nSPS) is 15.1. The number of methoxy groups -OCH3 is 2. The van der Waals surface area contributed by atoms with E-state index in [0.29, 0.717) is 22.3 Å². The number of nitrogens with one attached hydrogen (secondary N) is 1. The number of hydrogen-bond donors (Lipinski definition) is 1. The van der Waals surface area contributed by atoms with Crippen LogP contribution in [0.15, 0.2) is 113 Å². The largest absolute Gasteiger partial charge is 0.497 e. The number of nitrogens with zero attached hydrogens (tertiary/aromatic N) is 4. The van der Waals surface area contributed by atoms with E-state index in [-0.39, 0.29) is 21.8 Å². The van der Waals surface area contributed by atoms with Gasteiger partial charge >= 0.3 is 0 Å². The molecule has 4 aromatic carbocycles. The van der Waals surface area contributed by atoms with Crippen molar-refractivity contribution in [2.75, 3.05) is 19.5 Å². The molecular weight excluding hydrogens is 611 g/mol. The average Bonchev–Trinajstić information content (AvgIpc) is 3.67.